The molecule has 1 fully saturated rings. The van der Waals surface area contributed by atoms with Gasteiger partial charge in [-0.25, -0.2) is 0 Å². The van der Waals surface area contributed by atoms with Crippen LogP contribution in [0.1, 0.15) is 33.1 Å². The van der Waals surface area contributed by atoms with E-state index in [1.165, 1.54) is 12.8 Å². The van der Waals surface area contributed by atoms with E-state index in [2.05, 4.69) is 13.8 Å². The summed E-state index contributed by atoms with van der Waals surface area (Å²) in [6.45, 7) is 6.32. The fourth-order valence-corrected chi connectivity index (χ4v) is 2.65. The summed E-state index contributed by atoms with van der Waals surface area (Å²) >= 11 is 0. The summed E-state index contributed by atoms with van der Waals surface area (Å²) in [5, 5.41) is 0. The first-order valence-electron chi connectivity index (χ1n) is 5.02. The Morgan fingerprint density at radius 2 is 2.00 bits per heavy atom. The van der Waals surface area contributed by atoms with Crippen molar-refractivity contribution in [2.45, 2.75) is 33.1 Å². The predicted octanol–water partition coefficient (Wildman–Crippen LogP) is 1.35. The Labute approximate surface area is 75.7 Å². The molecule has 0 heterocycles. The molecule has 2 unspecified atom stereocenters. The van der Waals surface area contributed by atoms with Crippen molar-refractivity contribution in [2.75, 3.05) is 13.1 Å². The van der Waals surface area contributed by atoms with Crippen LogP contribution >= 0.6 is 0 Å². The number of nitrogens with two attached hydrogens (primary N) is 2. The third-order valence-electron chi connectivity index (χ3n) is 3.52. The second-order valence-electron chi connectivity index (χ2n) is 4.71. The van der Waals surface area contributed by atoms with Crippen LogP contribution in [0.2, 0.25) is 0 Å². The highest BCUT2D eigenvalue weighted by Gasteiger charge is 2.39. The van der Waals surface area contributed by atoms with Gasteiger partial charge in [0.25, 0.3) is 0 Å². The molecule has 0 aromatic heterocycles. The van der Waals surface area contributed by atoms with Crippen molar-refractivity contribution in [3.63, 3.8) is 0 Å². The molecule has 12 heavy (non-hydrogen) atoms. The van der Waals surface area contributed by atoms with E-state index in [-0.39, 0.29) is 0 Å². The van der Waals surface area contributed by atoms with E-state index in [1.54, 1.807) is 0 Å². The molecule has 0 spiro atoms. The van der Waals surface area contributed by atoms with Crippen LogP contribution < -0.4 is 11.5 Å². The van der Waals surface area contributed by atoms with Gasteiger partial charge < -0.3 is 11.5 Å². The van der Waals surface area contributed by atoms with Gasteiger partial charge in [0.2, 0.25) is 0 Å². The first kappa shape index (κ1) is 10.0. The first-order chi connectivity index (χ1) is 5.61. The standard InChI is InChI=1S/C10H22N2/c1-10(2)5-3-8(4-6-11)9(10)7-12/h8-9H,3-7,11-12H2,1-2H3. The summed E-state index contributed by atoms with van der Waals surface area (Å²) in [6, 6.07) is 0. The maximum absolute atomic E-state index is 5.79. The van der Waals surface area contributed by atoms with Crippen molar-refractivity contribution < 1.29 is 0 Å². The maximum atomic E-state index is 5.79. The van der Waals surface area contributed by atoms with E-state index < -0.39 is 0 Å². The van der Waals surface area contributed by atoms with Crippen LogP contribution in [0.4, 0.5) is 0 Å². The molecular formula is C10H22N2. The predicted molar refractivity (Wildman–Crippen MR) is 52.7 cm³/mol. The third kappa shape index (κ3) is 1.80. The van der Waals surface area contributed by atoms with Gasteiger partial charge in [-0.2, -0.15) is 0 Å². The minimum atomic E-state index is 0.453. The van der Waals surface area contributed by atoms with Gasteiger partial charge in [-0.15, -0.1) is 0 Å². The Balaban J connectivity index is 2.56. The van der Waals surface area contributed by atoms with E-state index in [9.17, 15) is 0 Å². The summed E-state index contributed by atoms with van der Waals surface area (Å²) in [5.41, 5.74) is 11.8. The van der Waals surface area contributed by atoms with E-state index >= 15 is 0 Å². The SMILES string of the molecule is CC1(C)CCC(CCN)C1CN. The molecule has 2 atom stereocenters. The smallest absolute Gasteiger partial charge is 0.00411 e. The highest BCUT2D eigenvalue weighted by Crippen LogP contribution is 2.46. The first-order valence-corrected chi connectivity index (χ1v) is 5.02. The van der Waals surface area contributed by atoms with Gasteiger partial charge in [0.05, 0.1) is 0 Å². The van der Waals surface area contributed by atoms with Crippen LogP contribution in [-0.4, -0.2) is 13.1 Å². The van der Waals surface area contributed by atoms with Crippen molar-refractivity contribution in [3.05, 3.63) is 0 Å². The largest absolute Gasteiger partial charge is 0.330 e. The van der Waals surface area contributed by atoms with Gasteiger partial charge in [0.15, 0.2) is 0 Å². The maximum Gasteiger partial charge on any atom is -0.00411 e. The Hall–Kier alpha value is -0.0800. The van der Waals surface area contributed by atoms with Crippen molar-refractivity contribution in [3.8, 4) is 0 Å². The molecule has 1 aliphatic rings. The van der Waals surface area contributed by atoms with Crippen molar-refractivity contribution >= 4 is 0 Å². The molecule has 1 rings (SSSR count). The van der Waals surface area contributed by atoms with Crippen LogP contribution in [0, 0.1) is 17.3 Å². The molecule has 72 valence electrons. The fourth-order valence-electron chi connectivity index (χ4n) is 2.65. The Bertz CT molecular complexity index is 143. The summed E-state index contributed by atoms with van der Waals surface area (Å²) in [6.07, 6.45) is 3.80. The average Bonchev–Trinajstić information content (AvgIpc) is 2.27. The van der Waals surface area contributed by atoms with E-state index in [4.69, 9.17) is 11.5 Å². The van der Waals surface area contributed by atoms with Crippen molar-refractivity contribution in [2.24, 2.45) is 28.7 Å². The Morgan fingerprint density at radius 1 is 1.33 bits per heavy atom. The van der Waals surface area contributed by atoms with Gasteiger partial charge in [-0.1, -0.05) is 13.8 Å². The van der Waals surface area contributed by atoms with Gasteiger partial charge >= 0.3 is 0 Å². The third-order valence-corrected chi connectivity index (χ3v) is 3.52. The number of hydrogen-bond acceptors (Lipinski definition) is 2. The molecule has 0 aliphatic heterocycles. The van der Waals surface area contributed by atoms with E-state index in [0.717, 1.165) is 25.4 Å². The number of rotatable bonds is 3. The quantitative estimate of drug-likeness (QED) is 0.671. The lowest BCUT2D eigenvalue weighted by Crippen LogP contribution is -2.30. The highest BCUT2D eigenvalue weighted by atomic mass is 14.6. The van der Waals surface area contributed by atoms with Crippen LogP contribution in [0.15, 0.2) is 0 Å². The summed E-state index contributed by atoms with van der Waals surface area (Å²) in [7, 11) is 0. The van der Waals surface area contributed by atoms with E-state index in [1.807, 2.05) is 0 Å². The summed E-state index contributed by atoms with van der Waals surface area (Å²) in [5.74, 6) is 1.48. The zero-order valence-electron chi connectivity index (χ0n) is 8.34. The average molecular weight is 170 g/mol. The minimum Gasteiger partial charge on any atom is -0.330 e. The van der Waals surface area contributed by atoms with Gasteiger partial charge in [0, 0.05) is 0 Å². The topological polar surface area (TPSA) is 52.0 Å². The van der Waals surface area contributed by atoms with Crippen LogP contribution in [-0.2, 0) is 0 Å². The molecule has 0 bridgehead atoms. The molecule has 0 aromatic rings. The van der Waals surface area contributed by atoms with Crippen LogP contribution in [0.5, 0.6) is 0 Å². The van der Waals surface area contributed by atoms with Crippen LogP contribution in [0.25, 0.3) is 0 Å². The van der Waals surface area contributed by atoms with Gasteiger partial charge in [-0.05, 0) is 49.6 Å². The molecule has 2 heteroatoms. The minimum absolute atomic E-state index is 0.453. The second kappa shape index (κ2) is 3.75. The van der Waals surface area contributed by atoms with Gasteiger partial charge in [0.1, 0.15) is 0 Å². The van der Waals surface area contributed by atoms with E-state index in [0.29, 0.717) is 11.3 Å². The number of hydrogen-bond donors (Lipinski definition) is 2. The Morgan fingerprint density at radius 3 is 2.50 bits per heavy atom. The van der Waals surface area contributed by atoms with Crippen LogP contribution in [0.3, 0.4) is 0 Å². The summed E-state index contributed by atoms with van der Waals surface area (Å²) in [4.78, 5) is 0. The molecular weight excluding hydrogens is 148 g/mol. The van der Waals surface area contributed by atoms with Crippen molar-refractivity contribution in [1.82, 2.24) is 0 Å². The monoisotopic (exact) mass is 170 g/mol. The molecule has 0 amide bonds. The lowest BCUT2D eigenvalue weighted by Gasteiger charge is -2.29. The normalized spacial score (nSPS) is 34.0. The Kier molecular flexibility index (Phi) is 3.13. The lowest BCUT2D eigenvalue weighted by atomic mass is 9.78. The molecule has 4 N–H and O–H groups in total. The molecule has 1 saturated carbocycles. The lowest BCUT2D eigenvalue weighted by molar-refractivity contribution is 0.220. The molecule has 2 nitrogen and oxygen atoms in total. The molecule has 0 saturated heterocycles. The molecule has 0 aromatic carbocycles. The molecule has 0 radical (unpaired) electrons. The molecule has 1 aliphatic carbocycles. The highest BCUT2D eigenvalue weighted by molar-refractivity contribution is 4.91. The fraction of sp³-hybridized carbons (Fsp3) is 1.00. The van der Waals surface area contributed by atoms with Crippen molar-refractivity contribution in [1.29, 1.82) is 0 Å². The zero-order chi connectivity index (χ0) is 9.19. The summed E-state index contributed by atoms with van der Waals surface area (Å²) < 4.78 is 0. The second-order valence-corrected chi connectivity index (χ2v) is 4.71. The zero-order valence-corrected chi connectivity index (χ0v) is 8.34. The van der Waals surface area contributed by atoms with Gasteiger partial charge in [-0.3, -0.25) is 0 Å².